The SMILES string of the molecule is CC(=O)N[C@@H](C)C(=O)NNC(N)=O. The molecule has 0 aromatic heterocycles. The van der Waals surface area contributed by atoms with Crippen molar-refractivity contribution >= 4 is 17.8 Å². The van der Waals surface area contributed by atoms with E-state index in [0.717, 1.165) is 0 Å². The van der Waals surface area contributed by atoms with Gasteiger partial charge in [0, 0.05) is 6.92 Å². The normalized spacial score (nSPS) is 11.2. The average molecular weight is 188 g/mol. The number of nitrogens with one attached hydrogen (secondary N) is 3. The van der Waals surface area contributed by atoms with E-state index >= 15 is 0 Å². The molecule has 0 aromatic carbocycles. The molecular formula is C6H12N4O3. The monoisotopic (exact) mass is 188 g/mol. The summed E-state index contributed by atoms with van der Waals surface area (Å²) in [6.07, 6.45) is 0. The zero-order valence-electron chi connectivity index (χ0n) is 7.38. The summed E-state index contributed by atoms with van der Waals surface area (Å²) in [7, 11) is 0. The minimum atomic E-state index is -0.872. The Labute approximate surface area is 75.0 Å². The predicted octanol–water partition coefficient (Wildman–Crippen LogP) is -1.79. The summed E-state index contributed by atoms with van der Waals surface area (Å²) in [6.45, 7) is 2.75. The second kappa shape index (κ2) is 4.96. The van der Waals surface area contributed by atoms with E-state index in [-0.39, 0.29) is 5.91 Å². The average Bonchev–Trinajstić information content (AvgIpc) is 1.98. The highest BCUT2D eigenvalue weighted by atomic mass is 16.2. The van der Waals surface area contributed by atoms with Crippen molar-refractivity contribution in [3.8, 4) is 0 Å². The highest BCUT2D eigenvalue weighted by Crippen LogP contribution is 1.79. The van der Waals surface area contributed by atoms with Crippen molar-refractivity contribution in [3.63, 3.8) is 0 Å². The standard InChI is InChI=1S/C6H12N4O3/c1-3(8-4(2)11)5(12)9-10-6(7)13/h3H,1-2H3,(H,8,11)(H,9,12)(H3,7,10,13)/t3-/m0/s1. The van der Waals surface area contributed by atoms with E-state index in [0.29, 0.717) is 0 Å². The molecule has 0 saturated heterocycles. The Balaban J connectivity index is 3.82. The Kier molecular flexibility index (Phi) is 4.28. The molecule has 0 rings (SSSR count). The van der Waals surface area contributed by atoms with E-state index in [1.54, 1.807) is 0 Å². The number of hydrazine groups is 1. The predicted molar refractivity (Wildman–Crippen MR) is 44.1 cm³/mol. The van der Waals surface area contributed by atoms with E-state index < -0.39 is 18.0 Å². The number of nitrogens with two attached hydrogens (primary N) is 1. The minimum Gasteiger partial charge on any atom is -0.350 e. The van der Waals surface area contributed by atoms with Crippen LogP contribution in [0.4, 0.5) is 4.79 Å². The van der Waals surface area contributed by atoms with Gasteiger partial charge in [0.2, 0.25) is 5.91 Å². The minimum absolute atomic E-state index is 0.332. The lowest BCUT2D eigenvalue weighted by Crippen LogP contribution is -2.52. The first kappa shape index (κ1) is 11.2. The number of rotatable bonds is 2. The summed E-state index contributed by atoms with van der Waals surface area (Å²) in [6, 6.07) is -1.59. The van der Waals surface area contributed by atoms with Crippen molar-refractivity contribution in [2.45, 2.75) is 19.9 Å². The van der Waals surface area contributed by atoms with Crippen LogP contribution in [0.15, 0.2) is 0 Å². The van der Waals surface area contributed by atoms with Gasteiger partial charge in [0.1, 0.15) is 6.04 Å². The van der Waals surface area contributed by atoms with Gasteiger partial charge in [-0.05, 0) is 6.92 Å². The third kappa shape index (κ3) is 5.48. The van der Waals surface area contributed by atoms with E-state index in [1.165, 1.54) is 13.8 Å². The molecular weight excluding hydrogens is 176 g/mol. The molecule has 0 bridgehead atoms. The van der Waals surface area contributed by atoms with Crippen LogP contribution in [0.2, 0.25) is 0 Å². The van der Waals surface area contributed by atoms with Crippen molar-refractivity contribution in [2.24, 2.45) is 5.73 Å². The number of hydrogen-bond acceptors (Lipinski definition) is 3. The summed E-state index contributed by atoms with van der Waals surface area (Å²) in [5.74, 6) is -0.879. The number of amides is 4. The summed E-state index contributed by atoms with van der Waals surface area (Å²) >= 11 is 0. The van der Waals surface area contributed by atoms with Gasteiger partial charge in [0.15, 0.2) is 0 Å². The van der Waals surface area contributed by atoms with Crippen molar-refractivity contribution in [3.05, 3.63) is 0 Å². The highest BCUT2D eigenvalue weighted by molar-refractivity contribution is 5.87. The van der Waals surface area contributed by atoms with Crippen LogP contribution < -0.4 is 21.9 Å². The first-order valence-corrected chi connectivity index (χ1v) is 3.56. The maximum atomic E-state index is 11.0. The highest BCUT2D eigenvalue weighted by Gasteiger charge is 2.12. The van der Waals surface area contributed by atoms with Gasteiger partial charge < -0.3 is 11.1 Å². The number of primary amides is 1. The maximum Gasteiger partial charge on any atom is 0.330 e. The Bertz CT molecular complexity index is 228. The largest absolute Gasteiger partial charge is 0.350 e. The van der Waals surface area contributed by atoms with Crippen LogP contribution in [-0.4, -0.2) is 23.9 Å². The molecule has 0 aliphatic rings. The fraction of sp³-hybridized carbons (Fsp3) is 0.500. The Morgan fingerprint density at radius 2 is 1.77 bits per heavy atom. The molecule has 0 fully saturated rings. The molecule has 13 heavy (non-hydrogen) atoms. The molecule has 0 saturated carbocycles. The van der Waals surface area contributed by atoms with Crippen LogP contribution in [0.3, 0.4) is 0 Å². The molecule has 0 aliphatic carbocycles. The number of hydrogen-bond donors (Lipinski definition) is 4. The molecule has 0 heterocycles. The van der Waals surface area contributed by atoms with Crippen LogP contribution in [0.5, 0.6) is 0 Å². The molecule has 0 aliphatic heterocycles. The van der Waals surface area contributed by atoms with Crippen LogP contribution in [0.1, 0.15) is 13.8 Å². The lowest BCUT2D eigenvalue weighted by Gasteiger charge is -2.11. The van der Waals surface area contributed by atoms with Gasteiger partial charge in [0.25, 0.3) is 5.91 Å². The van der Waals surface area contributed by atoms with Crippen LogP contribution in [0, 0.1) is 0 Å². The van der Waals surface area contributed by atoms with Crippen molar-refractivity contribution < 1.29 is 14.4 Å². The van der Waals surface area contributed by atoms with E-state index in [4.69, 9.17) is 5.73 Å². The molecule has 7 heteroatoms. The van der Waals surface area contributed by atoms with Gasteiger partial charge in [-0.15, -0.1) is 0 Å². The summed E-state index contributed by atoms with van der Waals surface area (Å²) in [5.41, 5.74) is 8.59. The van der Waals surface area contributed by atoms with E-state index in [2.05, 4.69) is 5.32 Å². The van der Waals surface area contributed by atoms with Gasteiger partial charge in [-0.25, -0.2) is 10.2 Å². The summed E-state index contributed by atoms with van der Waals surface area (Å²) < 4.78 is 0. The van der Waals surface area contributed by atoms with E-state index in [1.807, 2.05) is 10.9 Å². The zero-order chi connectivity index (χ0) is 10.4. The molecule has 0 spiro atoms. The lowest BCUT2D eigenvalue weighted by atomic mass is 10.3. The van der Waals surface area contributed by atoms with Gasteiger partial charge in [0.05, 0.1) is 0 Å². The number of carbonyl (C=O) groups excluding carboxylic acids is 3. The Morgan fingerprint density at radius 3 is 2.15 bits per heavy atom. The fourth-order valence-electron chi connectivity index (χ4n) is 0.602. The lowest BCUT2D eigenvalue weighted by molar-refractivity contribution is -0.128. The smallest absolute Gasteiger partial charge is 0.330 e. The maximum absolute atomic E-state index is 11.0. The molecule has 4 amide bonds. The molecule has 7 nitrogen and oxygen atoms in total. The van der Waals surface area contributed by atoms with Gasteiger partial charge in [-0.3, -0.25) is 15.0 Å². The van der Waals surface area contributed by atoms with Crippen LogP contribution in [0.25, 0.3) is 0 Å². The molecule has 5 N–H and O–H groups in total. The molecule has 0 aromatic rings. The van der Waals surface area contributed by atoms with Crippen molar-refractivity contribution in [1.29, 1.82) is 0 Å². The summed E-state index contributed by atoms with van der Waals surface area (Å²) in [5, 5.41) is 2.32. The molecule has 0 radical (unpaired) electrons. The zero-order valence-corrected chi connectivity index (χ0v) is 7.38. The number of carbonyl (C=O) groups is 3. The molecule has 74 valence electrons. The first-order chi connectivity index (χ1) is 5.93. The topological polar surface area (TPSA) is 113 Å². The Hall–Kier alpha value is -1.79. The van der Waals surface area contributed by atoms with Gasteiger partial charge in [-0.1, -0.05) is 0 Å². The van der Waals surface area contributed by atoms with E-state index in [9.17, 15) is 14.4 Å². The Morgan fingerprint density at radius 1 is 1.23 bits per heavy atom. The molecule has 0 unspecified atom stereocenters. The van der Waals surface area contributed by atoms with Crippen LogP contribution >= 0.6 is 0 Å². The second-order valence-electron chi connectivity index (χ2n) is 2.40. The van der Waals surface area contributed by atoms with Crippen LogP contribution in [-0.2, 0) is 9.59 Å². The van der Waals surface area contributed by atoms with Crippen molar-refractivity contribution in [1.82, 2.24) is 16.2 Å². The third-order valence-corrected chi connectivity index (χ3v) is 1.12. The molecule has 1 atom stereocenters. The van der Waals surface area contributed by atoms with Gasteiger partial charge >= 0.3 is 6.03 Å². The second-order valence-corrected chi connectivity index (χ2v) is 2.40. The third-order valence-electron chi connectivity index (χ3n) is 1.12. The first-order valence-electron chi connectivity index (χ1n) is 3.56. The fourth-order valence-corrected chi connectivity index (χ4v) is 0.602. The number of urea groups is 1. The quantitative estimate of drug-likeness (QED) is 0.384. The van der Waals surface area contributed by atoms with Gasteiger partial charge in [-0.2, -0.15) is 0 Å². The van der Waals surface area contributed by atoms with Crippen molar-refractivity contribution in [2.75, 3.05) is 0 Å². The summed E-state index contributed by atoms with van der Waals surface area (Å²) in [4.78, 5) is 31.6.